The molecule has 1 aromatic heterocycles. The normalized spacial score (nSPS) is 15.9. The molecule has 1 N–H and O–H groups in total. The molecule has 1 aliphatic heterocycles. The first-order valence-corrected chi connectivity index (χ1v) is 10.5. The number of carbonyl (C=O) groups excluding carboxylic acids is 2. The first kappa shape index (κ1) is 20.1. The van der Waals surface area contributed by atoms with Gasteiger partial charge in [-0.3, -0.25) is 4.79 Å². The predicted octanol–water partition coefficient (Wildman–Crippen LogP) is 1.99. The fourth-order valence-electron chi connectivity index (χ4n) is 2.98. The minimum atomic E-state index is -3.50. The van der Waals surface area contributed by atoms with Crippen LogP contribution in [0.15, 0.2) is 47.5 Å². The number of hydrogen-bond acceptors (Lipinski definition) is 5. The van der Waals surface area contributed by atoms with Crippen molar-refractivity contribution in [2.45, 2.75) is 30.8 Å². The third kappa shape index (κ3) is 4.26. The molecule has 8 nitrogen and oxygen atoms in total. The van der Waals surface area contributed by atoms with Gasteiger partial charge in [-0.25, -0.2) is 13.2 Å². The van der Waals surface area contributed by atoms with Gasteiger partial charge >= 0.3 is 5.97 Å². The summed E-state index contributed by atoms with van der Waals surface area (Å²) in [6.45, 7) is 2.54. The van der Waals surface area contributed by atoms with Crippen molar-refractivity contribution in [1.82, 2.24) is 8.87 Å². The van der Waals surface area contributed by atoms with Crippen LogP contribution in [0, 0.1) is 0 Å². The fourth-order valence-corrected chi connectivity index (χ4v) is 4.50. The van der Waals surface area contributed by atoms with Crippen LogP contribution in [0.5, 0.6) is 0 Å². The number of amides is 1. The lowest BCUT2D eigenvalue weighted by Crippen LogP contribution is -2.30. The molecular formula is C19H23N3O5S. The van der Waals surface area contributed by atoms with Crippen molar-refractivity contribution in [3.63, 3.8) is 0 Å². The number of aryl methyl sites for hydroxylation is 1. The Morgan fingerprint density at radius 2 is 1.75 bits per heavy atom. The van der Waals surface area contributed by atoms with Crippen LogP contribution < -0.4 is 5.32 Å². The maximum atomic E-state index is 12.5. The van der Waals surface area contributed by atoms with Gasteiger partial charge in [-0.15, -0.1) is 0 Å². The lowest BCUT2D eigenvalue weighted by atomic mass is 10.3. The highest BCUT2D eigenvalue weighted by atomic mass is 32.2. The van der Waals surface area contributed by atoms with Crippen molar-refractivity contribution in [3.05, 3.63) is 48.3 Å². The predicted molar refractivity (Wildman–Crippen MR) is 103 cm³/mol. The van der Waals surface area contributed by atoms with Crippen LogP contribution >= 0.6 is 0 Å². The molecule has 0 bridgehead atoms. The summed E-state index contributed by atoms with van der Waals surface area (Å²) in [4.78, 5) is 24.5. The number of esters is 1. The van der Waals surface area contributed by atoms with Crippen LogP contribution in [0.1, 0.15) is 30.3 Å². The first-order chi connectivity index (χ1) is 13.3. The van der Waals surface area contributed by atoms with E-state index in [0.717, 1.165) is 12.8 Å². The quantitative estimate of drug-likeness (QED) is 0.742. The van der Waals surface area contributed by atoms with Crippen molar-refractivity contribution >= 4 is 27.6 Å². The van der Waals surface area contributed by atoms with E-state index in [9.17, 15) is 18.0 Å². The number of hydrogen-bond donors (Lipinski definition) is 1. The molecule has 150 valence electrons. The van der Waals surface area contributed by atoms with E-state index in [1.54, 1.807) is 29.9 Å². The summed E-state index contributed by atoms with van der Waals surface area (Å²) < 4.78 is 33.3. The molecule has 2 heterocycles. The van der Waals surface area contributed by atoms with Crippen molar-refractivity contribution < 1.29 is 22.7 Å². The van der Waals surface area contributed by atoms with E-state index in [1.165, 1.54) is 35.5 Å². The molecule has 0 aliphatic carbocycles. The third-order valence-electron chi connectivity index (χ3n) is 4.63. The Morgan fingerprint density at radius 3 is 2.32 bits per heavy atom. The van der Waals surface area contributed by atoms with Crippen LogP contribution in [0.25, 0.3) is 0 Å². The van der Waals surface area contributed by atoms with E-state index in [-0.39, 0.29) is 4.90 Å². The molecule has 1 aromatic carbocycles. The SMILES string of the molecule is C[C@H](OC(=O)c1cccn1C)C(=O)Nc1ccc(S(=O)(=O)N2CCCC2)cc1. The third-order valence-corrected chi connectivity index (χ3v) is 6.54. The van der Waals surface area contributed by atoms with E-state index in [4.69, 9.17) is 4.74 Å². The molecule has 9 heteroatoms. The van der Waals surface area contributed by atoms with Crippen molar-refractivity contribution in [2.24, 2.45) is 7.05 Å². The van der Waals surface area contributed by atoms with Gasteiger partial charge in [0, 0.05) is 32.0 Å². The summed E-state index contributed by atoms with van der Waals surface area (Å²) >= 11 is 0. The number of sulfonamides is 1. The fraction of sp³-hybridized carbons (Fsp3) is 0.368. The lowest BCUT2D eigenvalue weighted by Gasteiger charge is -2.16. The zero-order valence-electron chi connectivity index (χ0n) is 15.8. The van der Waals surface area contributed by atoms with Gasteiger partial charge in [0.1, 0.15) is 5.69 Å². The number of carbonyl (C=O) groups is 2. The second kappa shape index (κ2) is 8.15. The second-order valence-electron chi connectivity index (χ2n) is 6.68. The molecule has 2 aromatic rings. The highest BCUT2D eigenvalue weighted by molar-refractivity contribution is 7.89. The standard InChI is InChI=1S/C19H23N3O5S/c1-14(27-19(24)17-6-5-11-21(17)2)18(23)20-15-7-9-16(10-8-15)28(25,26)22-12-3-4-13-22/h5-11,14H,3-4,12-13H2,1-2H3,(H,20,23)/t14-/m0/s1. The Balaban J connectivity index is 1.61. The average molecular weight is 405 g/mol. The summed E-state index contributed by atoms with van der Waals surface area (Å²) in [7, 11) is -1.79. The summed E-state index contributed by atoms with van der Waals surface area (Å²) in [6, 6.07) is 9.28. The van der Waals surface area contributed by atoms with Gasteiger partial charge in [-0.1, -0.05) is 0 Å². The van der Waals surface area contributed by atoms with E-state index in [0.29, 0.717) is 24.5 Å². The highest BCUT2D eigenvalue weighted by Gasteiger charge is 2.27. The molecule has 0 unspecified atom stereocenters. The van der Waals surface area contributed by atoms with Gasteiger partial charge in [0.25, 0.3) is 5.91 Å². The Kier molecular flexibility index (Phi) is 5.85. The largest absolute Gasteiger partial charge is 0.448 e. The number of aromatic nitrogens is 1. The Labute approximate surface area is 164 Å². The molecule has 28 heavy (non-hydrogen) atoms. The number of nitrogens with one attached hydrogen (secondary N) is 1. The highest BCUT2D eigenvalue weighted by Crippen LogP contribution is 2.22. The molecule has 1 amide bonds. The van der Waals surface area contributed by atoms with Crippen LogP contribution in [0.3, 0.4) is 0 Å². The van der Waals surface area contributed by atoms with E-state index in [1.807, 2.05) is 0 Å². The van der Waals surface area contributed by atoms with Crippen molar-refractivity contribution in [3.8, 4) is 0 Å². The molecule has 0 saturated carbocycles. The monoisotopic (exact) mass is 405 g/mol. The van der Waals surface area contributed by atoms with Crippen LogP contribution in [0.4, 0.5) is 5.69 Å². The molecule has 1 aliphatic rings. The molecular weight excluding hydrogens is 382 g/mol. The average Bonchev–Trinajstić information content (AvgIpc) is 3.34. The Bertz CT molecular complexity index is 960. The zero-order chi connectivity index (χ0) is 20.3. The maximum absolute atomic E-state index is 12.5. The minimum Gasteiger partial charge on any atom is -0.448 e. The number of nitrogens with zero attached hydrogens (tertiary/aromatic N) is 2. The number of rotatable bonds is 6. The Morgan fingerprint density at radius 1 is 1.11 bits per heavy atom. The van der Waals surface area contributed by atoms with E-state index < -0.39 is 28.0 Å². The summed E-state index contributed by atoms with van der Waals surface area (Å²) in [5, 5.41) is 2.62. The van der Waals surface area contributed by atoms with Gasteiger partial charge in [0.05, 0.1) is 4.90 Å². The molecule has 0 radical (unpaired) electrons. The van der Waals surface area contributed by atoms with Gasteiger partial charge in [0.15, 0.2) is 6.10 Å². The summed E-state index contributed by atoms with van der Waals surface area (Å²) in [6.07, 6.45) is 2.44. The van der Waals surface area contributed by atoms with Crippen molar-refractivity contribution in [2.75, 3.05) is 18.4 Å². The van der Waals surface area contributed by atoms with Crippen LogP contribution in [-0.4, -0.2) is 48.4 Å². The van der Waals surface area contributed by atoms with Crippen LogP contribution in [-0.2, 0) is 26.6 Å². The van der Waals surface area contributed by atoms with E-state index >= 15 is 0 Å². The zero-order valence-corrected chi connectivity index (χ0v) is 16.6. The van der Waals surface area contributed by atoms with Gasteiger partial charge in [0.2, 0.25) is 10.0 Å². The van der Waals surface area contributed by atoms with Gasteiger partial charge in [-0.2, -0.15) is 4.31 Å². The number of anilines is 1. The minimum absolute atomic E-state index is 0.190. The van der Waals surface area contributed by atoms with Crippen LogP contribution in [0.2, 0.25) is 0 Å². The maximum Gasteiger partial charge on any atom is 0.355 e. The smallest absolute Gasteiger partial charge is 0.355 e. The van der Waals surface area contributed by atoms with Gasteiger partial charge < -0.3 is 14.6 Å². The van der Waals surface area contributed by atoms with Gasteiger partial charge in [-0.05, 0) is 56.2 Å². The summed E-state index contributed by atoms with van der Waals surface area (Å²) in [5.41, 5.74) is 0.767. The molecule has 1 atom stereocenters. The number of benzene rings is 1. The van der Waals surface area contributed by atoms with E-state index in [2.05, 4.69) is 5.32 Å². The molecule has 1 fully saturated rings. The molecule has 1 saturated heterocycles. The Hall–Kier alpha value is -2.65. The lowest BCUT2D eigenvalue weighted by molar-refractivity contribution is -0.123. The molecule has 0 spiro atoms. The molecule has 3 rings (SSSR count). The topological polar surface area (TPSA) is 97.7 Å². The summed E-state index contributed by atoms with van der Waals surface area (Å²) in [5.74, 6) is -1.10. The number of ether oxygens (including phenoxy) is 1. The van der Waals surface area contributed by atoms with Crippen molar-refractivity contribution in [1.29, 1.82) is 0 Å². The second-order valence-corrected chi connectivity index (χ2v) is 8.61. The first-order valence-electron chi connectivity index (χ1n) is 9.02.